The smallest absolute Gasteiger partial charge is 0.243 e. The summed E-state index contributed by atoms with van der Waals surface area (Å²) in [7, 11) is 5.24. The number of ether oxygens (including phenoxy) is 2. The zero-order chi connectivity index (χ0) is 18.7. The molecule has 0 bridgehead atoms. The number of aliphatic imine (C=N–C) groups is 1. The normalized spacial score (nSPS) is 31.4. The van der Waals surface area contributed by atoms with Crippen molar-refractivity contribution >= 4 is 11.9 Å². The number of amides is 1. The first-order valence-electron chi connectivity index (χ1n) is 9.11. The van der Waals surface area contributed by atoms with Crippen molar-refractivity contribution in [3.05, 3.63) is 0 Å². The van der Waals surface area contributed by atoms with Gasteiger partial charge in [0.15, 0.2) is 5.96 Å². The third kappa shape index (κ3) is 4.44. The molecule has 25 heavy (non-hydrogen) atoms. The summed E-state index contributed by atoms with van der Waals surface area (Å²) in [5, 5.41) is 6.82. The lowest BCUT2D eigenvalue weighted by molar-refractivity contribution is -0.176. The standard InChI is InChI=1S/C18H34N4O3/c1-17(2)14(10-18(17,3)24-6)21-16(20-12-15(23)22(4)5)19-11-13-8-7-9-25-13/h13-14H,7-12H2,1-6H3,(H2,19,20,21). The van der Waals surface area contributed by atoms with Crippen LogP contribution < -0.4 is 10.6 Å². The van der Waals surface area contributed by atoms with E-state index in [0.29, 0.717) is 12.5 Å². The van der Waals surface area contributed by atoms with Crippen molar-refractivity contribution in [1.82, 2.24) is 15.5 Å². The Bertz CT molecular complexity index is 501. The van der Waals surface area contributed by atoms with Crippen LogP contribution in [-0.2, 0) is 14.3 Å². The topological polar surface area (TPSA) is 75.2 Å². The molecule has 0 aromatic rings. The number of nitrogens with zero attached hydrogens (tertiary/aromatic N) is 2. The zero-order valence-electron chi connectivity index (χ0n) is 16.5. The molecule has 2 fully saturated rings. The molecule has 0 aromatic heterocycles. The Hall–Kier alpha value is -1.34. The second kappa shape index (κ2) is 7.91. The van der Waals surface area contributed by atoms with Crippen molar-refractivity contribution in [2.24, 2.45) is 10.4 Å². The summed E-state index contributed by atoms with van der Waals surface area (Å²) in [6.45, 7) is 8.19. The number of hydrogen-bond acceptors (Lipinski definition) is 4. The number of rotatable bonds is 6. The first-order valence-corrected chi connectivity index (χ1v) is 9.11. The third-order valence-corrected chi connectivity index (χ3v) is 5.98. The van der Waals surface area contributed by atoms with Gasteiger partial charge in [-0.05, 0) is 26.2 Å². The van der Waals surface area contributed by atoms with E-state index >= 15 is 0 Å². The molecule has 0 aromatic carbocycles. The van der Waals surface area contributed by atoms with E-state index in [4.69, 9.17) is 9.47 Å². The van der Waals surface area contributed by atoms with Gasteiger partial charge >= 0.3 is 0 Å². The quantitative estimate of drug-likeness (QED) is 0.550. The Kier molecular flexibility index (Phi) is 6.32. The van der Waals surface area contributed by atoms with E-state index < -0.39 is 0 Å². The van der Waals surface area contributed by atoms with E-state index in [1.54, 1.807) is 26.1 Å². The molecule has 1 heterocycles. The molecular formula is C18H34N4O3. The average Bonchev–Trinajstić information content (AvgIpc) is 3.09. The van der Waals surface area contributed by atoms with E-state index in [1.165, 1.54) is 0 Å². The van der Waals surface area contributed by atoms with Crippen LogP contribution in [0.15, 0.2) is 4.99 Å². The van der Waals surface area contributed by atoms with Gasteiger partial charge in [-0.15, -0.1) is 0 Å². The summed E-state index contributed by atoms with van der Waals surface area (Å²) in [5.41, 5.74) is -0.177. The SMILES string of the molecule is COC1(C)CC(NC(=NCC(=O)N(C)C)NCC2CCCO2)C1(C)C. The summed E-state index contributed by atoms with van der Waals surface area (Å²) >= 11 is 0. The van der Waals surface area contributed by atoms with Gasteiger partial charge in [0.25, 0.3) is 0 Å². The molecule has 3 atom stereocenters. The highest BCUT2D eigenvalue weighted by molar-refractivity contribution is 5.85. The van der Waals surface area contributed by atoms with Crippen LogP contribution in [0.1, 0.15) is 40.0 Å². The van der Waals surface area contributed by atoms with Gasteiger partial charge in [-0.2, -0.15) is 0 Å². The second-order valence-electron chi connectivity index (χ2n) is 8.03. The lowest BCUT2D eigenvalue weighted by Crippen LogP contribution is -2.69. The van der Waals surface area contributed by atoms with E-state index in [0.717, 1.165) is 25.9 Å². The van der Waals surface area contributed by atoms with Gasteiger partial charge in [-0.1, -0.05) is 13.8 Å². The summed E-state index contributed by atoms with van der Waals surface area (Å²) in [6.07, 6.45) is 3.29. The number of methoxy groups -OCH3 is 1. The molecular weight excluding hydrogens is 320 g/mol. The first-order chi connectivity index (χ1) is 11.7. The van der Waals surface area contributed by atoms with Crippen molar-refractivity contribution < 1.29 is 14.3 Å². The Morgan fingerprint density at radius 3 is 2.60 bits per heavy atom. The van der Waals surface area contributed by atoms with E-state index in [-0.39, 0.29) is 35.6 Å². The van der Waals surface area contributed by atoms with Gasteiger partial charge in [0, 0.05) is 45.8 Å². The molecule has 1 aliphatic carbocycles. The Morgan fingerprint density at radius 2 is 2.08 bits per heavy atom. The van der Waals surface area contributed by atoms with Gasteiger partial charge < -0.3 is 25.0 Å². The predicted octanol–water partition coefficient (Wildman–Crippen LogP) is 0.992. The lowest BCUT2D eigenvalue weighted by atomic mass is 9.56. The van der Waals surface area contributed by atoms with Crippen LogP contribution in [0.3, 0.4) is 0 Å². The van der Waals surface area contributed by atoms with Gasteiger partial charge in [-0.25, -0.2) is 4.99 Å². The Labute approximate surface area is 151 Å². The van der Waals surface area contributed by atoms with Crippen molar-refractivity contribution in [3.63, 3.8) is 0 Å². The summed E-state index contributed by atoms with van der Waals surface area (Å²) in [6, 6.07) is 0.239. The molecule has 1 saturated heterocycles. The van der Waals surface area contributed by atoms with Crippen molar-refractivity contribution in [3.8, 4) is 0 Å². The number of carbonyl (C=O) groups is 1. The summed E-state index contributed by atoms with van der Waals surface area (Å²) in [4.78, 5) is 17.9. The highest BCUT2D eigenvalue weighted by Crippen LogP contribution is 2.51. The Balaban J connectivity index is 1.98. The first kappa shape index (κ1) is 20.0. The maximum atomic E-state index is 11.9. The maximum Gasteiger partial charge on any atom is 0.243 e. The highest BCUT2D eigenvalue weighted by Gasteiger charge is 2.58. The van der Waals surface area contributed by atoms with Crippen molar-refractivity contribution in [2.45, 2.75) is 57.8 Å². The van der Waals surface area contributed by atoms with Crippen LogP contribution in [0, 0.1) is 5.41 Å². The predicted molar refractivity (Wildman–Crippen MR) is 98.7 cm³/mol. The van der Waals surface area contributed by atoms with Gasteiger partial charge in [0.2, 0.25) is 5.91 Å². The number of nitrogens with one attached hydrogen (secondary N) is 2. The van der Waals surface area contributed by atoms with Crippen LogP contribution in [0.25, 0.3) is 0 Å². The average molecular weight is 354 g/mol. The highest BCUT2D eigenvalue weighted by atomic mass is 16.5. The van der Waals surface area contributed by atoms with E-state index in [1.807, 2.05) is 0 Å². The van der Waals surface area contributed by atoms with Crippen LogP contribution >= 0.6 is 0 Å². The van der Waals surface area contributed by atoms with E-state index in [2.05, 4.69) is 36.4 Å². The Morgan fingerprint density at radius 1 is 1.36 bits per heavy atom. The van der Waals surface area contributed by atoms with Crippen LogP contribution in [0.5, 0.6) is 0 Å². The molecule has 7 nitrogen and oxygen atoms in total. The maximum absolute atomic E-state index is 11.9. The molecule has 144 valence electrons. The minimum Gasteiger partial charge on any atom is -0.378 e. The molecule has 0 spiro atoms. The molecule has 3 unspecified atom stereocenters. The number of likely N-dealkylation sites (N-methyl/N-ethyl adjacent to an activating group) is 1. The molecule has 7 heteroatoms. The second-order valence-corrected chi connectivity index (χ2v) is 8.03. The monoisotopic (exact) mass is 354 g/mol. The molecule has 2 rings (SSSR count). The lowest BCUT2D eigenvalue weighted by Gasteiger charge is -2.59. The van der Waals surface area contributed by atoms with Crippen LogP contribution in [0.2, 0.25) is 0 Å². The number of guanidine groups is 1. The van der Waals surface area contributed by atoms with Gasteiger partial charge in [-0.3, -0.25) is 4.79 Å². The molecule has 0 radical (unpaired) electrons. The minimum absolute atomic E-state index is 0.0205. The fourth-order valence-corrected chi connectivity index (χ4v) is 3.34. The molecule has 2 aliphatic rings. The number of carbonyl (C=O) groups excluding carboxylic acids is 1. The summed E-state index contributed by atoms with van der Waals surface area (Å²) in [5.74, 6) is 0.648. The minimum atomic E-state index is -0.149. The van der Waals surface area contributed by atoms with Crippen LogP contribution in [-0.4, -0.2) is 75.4 Å². The van der Waals surface area contributed by atoms with Crippen molar-refractivity contribution in [2.75, 3.05) is 40.9 Å². The largest absolute Gasteiger partial charge is 0.378 e. The van der Waals surface area contributed by atoms with Crippen LogP contribution in [0.4, 0.5) is 0 Å². The molecule has 2 N–H and O–H groups in total. The fraction of sp³-hybridized carbons (Fsp3) is 0.889. The zero-order valence-corrected chi connectivity index (χ0v) is 16.5. The van der Waals surface area contributed by atoms with Gasteiger partial charge in [0.1, 0.15) is 6.54 Å². The number of hydrogen-bond donors (Lipinski definition) is 2. The fourth-order valence-electron chi connectivity index (χ4n) is 3.34. The van der Waals surface area contributed by atoms with Gasteiger partial charge in [0.05, 0.1) is 11.7 Å². The third-order valence-electron chi connectivity index (χ3n) is 5.98. The molecule has 1 aliphatic heterocycles. The van der Waals surface area contributed by atoms with Crippen molar-refractivity contribution in [1.29, 1.82) is 0 Å². The molecule has 1 amide bonds. The van der Waals surface area contributed by atoms with E-state index in [9.17, 15) is 4.79 Å². The molecule has 1 saturated carbocycles. The summed E-state index contributed by atoms with van der Waals surface area (Å²) < 4.78 is 11.4.